The van der Waals surface area contributed by atoms with E-state index in [-0.39, 0.29) is 17.2 Å². The molecule has 0 amide bonds. The average molecular weight is 413 g/mol. The minimum Gasteiger partial charge on any atom is -0.497 e. The summed E-state index contributed by atoms with van der Waals surface area (Å²) >= 11 is 3.01. The predicted octanol–water partition coefficient (Wildman–Crippen LogP) is 3.83. The number of ketones is 1. The van der Waals surface area contributed by atoms with Crippen LogP contribution in [0, 0.1) is 0 Å². The highest BCUT2D eigenvalue weighted by atomic mass is 32.2. The lowest BCUT2D eigenvalue weighted by molar-refractivity contribution is 0.102. The number of fused-ring (bicyclic) bond motifs is 1. The maximum atomic E-state index is 12.7. The van der Waals surface area contributed by atoms with Crippen LogP contribution in [0.3, 0.4) is 0 Å². The quantitative estimate of drug-likeness (QED) is 0.335. The Kier molecular flexibility index (Phi) is 5.64. The molecule has 0 radical (unpaired) electrons. The Bertz CT molecular complexity index is 1040. The molecule has 0 spiro atoms. The molecule has 0 unspecified atom stereocenters. The van der Waals surface area contributed by atoms with E-state index >= 15 is 0 Å². The van der Waals surface area contributed by atoms with Gasteiger partial charge in [0.25, 0.3) is 0 Å². The summed E-state index contributed by atoms with van der Waals surface area (Å²) < 4.78 is 6.92. The Balaban J connectivity index is 1.53. The van der Waals surface area contributed by atoms with Crippen LogP contribution in [0.5, 0.6) is 5.75 Å². The zero-order valence-electron chi connectivity index (χ0n) is 15.5. The van der Waals surface area contributed by atoms with Crippen molar-refractivity contribution in [1.82, 2.24) is 9.55 Å². The molecule has 0 N–H and O–H groups in total. The summed E-state index contributed by atoms with van der Waals surface area (Å²) in [4.78, 5) is 30.6. The first-order chi connectivity index (χ1) is 13.7. The lowest BCUT2D eigenvalue weighted by atomic mass is 10.1. The van der Waals surface area contributed by atoms with Crippen molar-refractivity contribution in [3.8, 4) is 5.75 Å². The van der Waals surface area contributed by atoms with Crippen LogP contribution >= 0.6 is 23.1 Å². The second-order valence-electron chi connectivity index (χ2n) is 6.58. The van der Waals surface area contributed by atoms with Crippen LogP contribution in [-0.4, -0.2) is 28.2 Å². The molecule has 1 aromatic carbocycles. The molecule has 0 aliphatic heterocycles. The fourth-order valence-electron chi connectivity index (χ4n) is 3.42. The van der Waals surface area contributed by atoms with Gasteiger partial charge in [-0.3, -0.25) is 9.36 Å². The molecular weight excluding hydrogens is 392 g/mol. The van der Waals surface area contributed by atoms with E-state index in [1.54, 1.807) is 47.3 Å². The molecule has 5 nitrogen and oxygen atoms in total. The first-order valence-electron chi connectivity index (χ1n) is 9.10. The smallest absolute Gasteiger partial charge is 0.349 e. The number of rotatable bonds is 7. The van der Waals surface area contributed by atoms with Gasteiger partial charge in [0.05, 0.1) is 19.4 Å². The van der Waals surface area contributed by atoms with E-state index in [4.69, 9.17) is 4.74 Å². The van der Waals surface area contributed by atoms with Crippen molar-refractivity contribution in [3.05, 3.63) is 74.0 Å². The van der Waals surface area contributed by atoms with Crippen LogP contribution in [-0.2, 0) is 19.4 Å². The van der Waals surface area contributed by atoms with Gasteiger partial charge in [0.1, 0.15) is 10.8 Å². The summed E-state index contributed by atoms with van der Waals surface area (Å²) in [5, 5.41) is 2.73. The largest absolute Gasteiger partial charge is 0.497 e. The highest BCUT2D eigenvalue weighted by Crippen LogP contribution is 2.30. The SMILES string of the molecule is COc1ccc(C(=O)CSc2nc(=O)n(Cc3cccs3)c3c2CCC3)cc1. The fourth-order valence-corrected chi connectivity index (χ4v) is 5.09. The third kappa shape index (κ3) is 3.91. The fraction of sp³-hybridized carbons (Fsp3) is 0.286. The molecule has 0 fully saturated rings. The zero-order chi connectivity index (χ0) is 19.5. The summed E-state index contributed by atoms with van der Waals surface area (Å²) in [7, 11) is 1.60. The van der Waals surface area contributed by atoms with Crippen molar-refractivity contribution < 1.29 is 9.53 Å². The molecule has 2 aromatic heterocycles. The first kappa shape index (κ1) is 19.0. The maximum absolute atomic E-state index is 12.7. The molecule has 0 atom stereocenters. The molecule has 1 aliphatic carbocycles. The number of ether oxygens (including phenoxy) is 1. The number of hydrogen-bond donors (Lipinski definition) is 0. The highest BCUT2D eigenvalue weighted by molar-refractivity contribution is 8.00. The highest BCUT2D eigenvalue weighted by Gasteiger charge is 2.23. The van der Waals surface area contributed by atoms with Gasteiger partial charge in [-0.1, -0.05) is 17.8 Å². The van der Waals surface area contributed by atoms with E-state index in [0.717, 1.165) is 41.1 Å². The number of carbonyl (C=O) groups excluding carboxylic acids is 1. The number of Topliss-reactive ketones (excluding diaryl/α,β-unsaturated/α-hetero) is 1. The Morgan fingerprint density at radius 3 is 2.79 bits per heavy atom. The summed E-state index contributed by atoms with van der Waals surface area (Å²) in [5.74, 6) is 1.00. The number of thioether (sulfide) groups is 1. The van der Waals surface area contributed by atoms with E-state index in [1.807, 2.05) is 17.5 Å². The molecule has 4 rings (SSSR count). The number of hydrogen-bond acceptors (Lipinski definition) is 6. The summed E-state index contributed by atoms with van der Waals surface area (Å²) in [6, 6.07) is 11.1. The Hall–Kier alpha value is -2.38. The van der Waals surface area contributed by atoms with Crippen molar-refractivity contribution in [2.24, 2.45) is 0 Å². The van der Waals surface area contributed by atoms with E-state index in [9.17, 15) is 9.59 Å². The van der Waals surface area contributed by atoms with Gasteiger partial charge in [0.2, 0.25) is 0 Å². The monoisotopic (exact) mass is 412 g/mol. The van der Waals surface area contributed by atoms with Crippen molar-refractivity contribution >= 4 is 28.9 Å². The topological polar surface area (TPSA) is 61.2 Å². The molecule has 0 bridgehead atoms. The minimum absolute atomic E-state index is 0.0176. The molecule has 3 aromatic rings. The minimum atomic E-state index is -0.228. The Morgan fingerprint density at radius 1 is 1.25 bits per heavy atom. The normalized spacial score (nSPS) is 12.8. The van der Waals surface area contributed by atoms with E-state index < -0.39 is 0 Å². The van der Waals surface area contributed by atoms with Gasteiger partial charge < -0.3 is 4.74 Å². The van der Waals surface area contributed by atoms with Crippen LogP contribution < -0.4 is 10.4 Å². The van der Waals surface area contributed by atoms with Crippen LogP contribution in [0.4, 0.5) is 0 Å². The Morgan fingerprint density at radius 2 is 2.07 bits per heavy atom. The summed E-state index contributed by atoms with van der Waals surface area (Å²) in [6.45, 7) is 0.571. The number of aromatic nitrogens is 2. The standard InChI is InChI=1S/C21H20N2O3S2/c1-26-15-9-7-14(8-10-15)19(24)13-28-20-17-5-2-6-18(17)23(21(25)22-20)12-16-4-3-11-27-16/h3-4,7-11H,2,5-6,12-13H2,1H3. The molecule has 28 heavy (non-hydrogen) atoms. The third-order valence-corrected chi connectivity index (χ3v) is 6.73. The number of carbonyl (C=O) groups is 1. The number of methoxy groups -OCH3 is 1. The van der Waals surface area contributed by atoms with Gasteiger partial charge in [-0.15, -0.1) is 11.3 Å². The van der Waals surface area contributed by atoms with E-state index in [0.29, 0.717) is 17.1 Å². The summed E-state index contributed by atoms with van der Waals surface area (Å²) in [5.41, 5.74) is 2.61. The lowest BCUT2D eigenvalue weighted by Crippen LogP contribution is -2.27. The van der Waals surface area contributed by atoms with Crippen LogP contribution in [0.1, 0.15) is 32.9 Å². The van der Waals surface area contributed by atoms with Crippen molar-refractivity contribution in [2.75, 3.05) is 12.9 Å². The van der Waals surface area contributed by atoms with Gasteiger partial charge in [-0.05, 0) is 55.0 Å². The molecule has 0 saturated carbocycles. The van der Waals surface area contributed by atoms with Crippen molar-refractivity contribution in [3.63, 3.8) is 0 Å². The molecular formula is C21H20N2O3S2. The van der Waals surface area contributed by atoms with Gasteiger partial charge in [0, 0.05) is 21.7 Å². The molecule has 7 heteroatoms. The number of thiophene rings is 1. The average Bonchev–Trinajstić information content (AvgIpc) is 3.40. The number of nitrogens with zero attached hydrogens (tertiary/aromatic N) is 2. The molecule has 0 saturated heterocycles. The van der Waals surface area contributed by atoms with Gasteiger partial charge >= 0.3 is 5.69 Å². The Labute approximate surface area is 171 Å². The lowest BCUT2D eigenvalue weighted by Gasteiger charge is -2.13. The van der Waals surface area contributed by atoms with E-state index in [1.165, 1.54) is 11.8 Å². The van der Waals surface area contributed by atoms with E-state index in [2.05, 4.69) is 4.98 Å². The second kappa shape index (κ2) is 8.32. The predicted molar refractivity (Wildman–Crippen MR) is 112 cm³/mol. The van der Waals surface area contributed by atoms with Gasteiger partial charge in [-0.2, -0.15) is 4.98 Å². The first-order valence-corrected chi connectivity index (χ1v) is 11.0. The zero-order valence-corrected chi connectivity index (χ0v) is 17.1. The maximum Gasteiger partial charge on any atom is 0.349 e. The second-order valence-corrected chi connectivity index (χ2v) is 8.58. The van der Waals surface area contributed by atoms with Gasteiger partial charge in [0.15, 0.2) is 5.78 Å². The van der Waals surface area contributed by atoms with Crippen molar-refractivity contribution in [1.29, 1.82) is 0 Å². The van der Waals surface area contributed by atoms with Crippen LogP contribution in [0.2, 0.25) is 0 Å². The third-order valence-electron chi connectivity index (χ3n) is 4.85. The van der Waals surface area contributed by atoms with Gasteiger partial charge in [-0.25, -0.2) is 4.79 Å². The molecule has 1 aliphatic rings. The van der Waals surface area contributed by atoms with Crippen LogP contribution in [0.15, 0.2) is 51.6 Å². The summed E-state index contributed by atoms with van der Waals surface area (Å²) in [6.07, 6.45) is 2.81. The molecule has 144 valence electrons. The molecule has 2 heterocycles. The van der Waals surface area contributed by atoms with Crippen LogP contribution in [0.25, 0.3) is 0 Å². The van der Waals surface area contributed by atoms with Crippen molar-refractivity contribution in [2.45, 2.75) is 30.8 Å². The number of benzene rings is 1.